The van der Waals surface area contributed by atoms with Gasteiger partial charge in [0, 0.05) is 12.1 Å². The highest BCUT2D eigenvalue weighted by molar-refractivity contribution is 4.84. The smallest absolute Gasteiger partial charge is 0.0591 e. The molecule has 1 unspecified atom stereocenters. The summed E-state index contributed by atoms with van der Waals surface area (Å²) in [6.07, 6.45) is 8.58. The molecule has 0 heterocycles. The SMILES string of the molecule is CC(CCCC(C)(C)O)NC1CCC(C(C)(C)C)CC1. The first-order valence-corrected chi connectivity index (χ1v) is 8.56. The highest BCUT2D eigenvalue weighted by atomic mass is 16.3. The Morgan fingerprint density at radius 1 is 1.05 bits per heavy atom. The largest absolute Gasteiger partial charge is 0.390 e. The van der Waals surface area contributed by atoms with Crippen LogP contribution in [-0.4, -0.2) is 22.8 Å². The Bertz CT molecular complexity index is 266. The van der Waals surface area contributed by atoms with Crippen LogP contribution in [0.1, 0.15) is 86.5 Å². The highest BCUT2D eigenvalue weighted by Gasteiger charge is 2.29. The van der Waals surface area contributed by atoms with Gasteiger partial charge in [-0.3, -0.25) is 0 Å². The molecule has 2 heteroatoms. The summed E-state index contributed by atoms with van der Waals surface area (Å²) < 4.78 is 0. The normalized spacial score (nSPS) is 26.6. The predicted molar refractivity (Wildman–Crippen MR) is 87.9 cm³/mol. The van der Waals surface area contributed by atoms with Crippen LogP contribution < -0.4 is 5.32 Å². The van der Waals surface area contributed by atoms with Gasteiger partial charge in [0.2, 0.25) is 0 Å². The van der Waals surface area contributed by atoms with Gasteiger partial charge >= 0.3 is 0 Å². The quantitative estimate of drug-likeness (QED) is 0.751. The molecule has 0 aromatic heterocycles. The summed E-state index contributed by atoms with van der Waals surface area (Å²) >= 11 is 0. The van der Waals surface area contributed by atoms with E-state index in [1.807, 2.05) is 13.8 Å². The van der Waals surface area contributed by atoms with Crippen LogP contribution in [-0.2, 0) is 0 Å². The maximum Gasteiger partial charge on any atom is 0.0591 e. The van der Waals surface area contributed by atoms with Crippen molar-refractivity contribution >= 4 is 0 Å². The molecular weight excluding hydrogens is 246 g/mol. The molecule has 0 bridgehead atoms. The molecular formula is C18H37NO. The Hall–Kier alpha value is -0.0800. The topological polar surface area (TPSA) is 32.3 Å². The fourth-order valence-electron chi connectivity index (χ4n) is 3.45. The van der Waals surface area contributed by atoms with Crippen molar-refractivity contribution in [2.75, 3.05) is 0 Å². The summed E-state index contributed by atoms with van der Waals surface area (Å²) in [6, 6.07) is 1.29. The second-order valence-corrected chi connectivity index (χ2v) is 8.69. The zero-order chi connectivity index (χ0) is 15.4. The first-order valence-electron chi connectivity index (χ1n) is 8.56. The fourth-order valence-corrected chi connectivity index (χ4v) is 3.45. The Labute approximate surface area is 126 Å². The summed E-state index contributed by atoms with van der Waals surface area (Å²) in [5.41, 5.74) is -0.0339. The lowest BCUT2D eigenvalue weighted by Gasteiger charge is -2.38. The molecule has 2 N–H and O–H groups in total. The van der Waals surface area contributed by atoms with E-state index in [9.17, 15) is 5.11 Å². The zero-order valence-electron chi connectivity index (χ0n) is 14.6. The molecule has 0 aromatic rings. The van der Waals surface area contributed by atoms with Crippen LogP contribution in [0.4, 0.5) is 0 Å². The van der Waals surface area contributed by atoms with Gasteiger partial charge in [0.05, 0.1) is 5.60 Å². The maximum atomic E-state index is 9.74. The maximum absolute atomic E-state index is 9.74. The molecule has 0 aliphatic heterocycles. The van der Waals surface area contributed by atoms with Crippen LogP contribution in [0.5, 0.6) is 0 Å². The Morgan fingerprint density at radius 2 is 1.60 bits per heavy atom. The lowest BCUT2D eigenvalue weighted by Crippen LogP contribution is -2.40. The highest BCUT2D eigenvalue weighted by Crippen LogP contribution is 2.37. The standard InChI is InChI=1S/C18H37NO/c1-14(8-7-13-18(5,6)20)19-16-11-9-15(10-12-16)17(2,3)4/h14-16,19-20H,7-13H2,1-6H3. The summed E-state index contributed by atoms with van der Waals surface area (Å²) in [5.74, 6) is 0.894. The lowest BCUT2D eigenvalue weighted by molar-refractivity contribution is 0.0672. The van der Waals surface area contributed by atoms with Crippen LogP contribution in [0.15, 0.2) is 0 Å². The van der Waals surface area contributed by atoms with E-state index in [0.29, 0.717) is 17.5 Å². The molecule has 1 aliphatic carbocycles. The molecule has 2 nitrogen and oxygen atoms in total. The van der Waals surface area contributed by atoms with Crippen molar-refractivity contribution in [2.24, 2.45) is 11.3 Å². The molecule has 0 saturated heterocycles. The van der Waals surface area contributed by atoms with E-state index in [1.165, 1.54) is 32.1 Å². The summed E-state index contributed by atoms with van der Waals surface area (Å²) in [7, 11) is 0. The van der Waals surface area contributed by atoms with Crippen LogP contribution in [0.2, 0.25) is 0 Å². The first-order chi connectivity index (χ1) is 9.08. The van der Waals surface area contributed by atoms with Crippen molar-refractivity contribution in [1.82, 2.24) is 5.32 Å². The Balaban J connectivity index is 2.20. The van der Waals surface area contributed by atoms with Crippen molar-refractivity contribution in [3.63, 3.8) is 0 Å². The van der Waals surface area contributed by atoms with Gasteiger partial charge in [-0.25, -0.2) is 0 Å². The first kappa shape index (κ1) is 18.0. The van der Waals surface area contributed by atoms with Gasteiger partial charge in [-0.15, -0.1) is 0 Å². The molecule has 0 amide bonds. The van der Waals surface area contributed by atoms with Crippen molar-refractivity contribution in [1.29, 1.82) is 0 Å². The van der Waals surface area contributed by atoms with E-state index < -0.39 is 5.60 Å². The molecule has 1 rings (SSSR count). The minimum absolute atomic E-state index is 0.475. The van der Waals surface area contributed by atoms with E-state index in [4.69, 9.17) is 0 Å². The number of rotatable bonds is 6. The third-order valence-corrected chi connectivity index (χ3v) is 4.90. The molecule has 0 aromatic carbocycles. The second kappa shape index (κ2) is 7.26. The van der Waals surface area contributed by atoms with Crippen LogP contribution in [0.3, 0.4) is 0 Å². The van der Waals surface area contributed by atoms with Crippen molar-refractivity contribution in [3.05, 3.63) is 0 Å². The molecule has 1 atom stereocenters. The van der Waals surface area contributed by atoms with E-state index in [2.05, 4.69) is 33.0 Å². The minimum Gasteiger partial charge on any atom is -0.390 e. The third kappa shape index (κ3) is 7.08. The number of hydrogen-bond acceptors (Lipinski definition) is 2. The summed E-state index contributed by atoms with van der Waals surface area (Å²) in [5, 5.41) is 13.5. The van der Waals surface area contributed by atoms with Gasteiger partial charge < -0.3 is 10.4 Å². The Morgan fingerprint density at radius 3 is 2.05 bits per heavy atom. The van der Waals surface area contributed by atoms with Crippen LogP contribution >= 0.6 is 0 Å². The van der Waals surface area contributed by atoms with E-state index in [0.717, 1.165) is 18.8 Å². The van der Waals surface area contributed by atoms with E-state index >= 15 is 0 Å². The number of hydrogen-bond donors (Lipinski definition) is 2. The lowest BCUT2D eigenvalue weighted by atomic mass is 9.71. The van der Waals surface area contributed by atoms with Crippen LogP contribution in [0, 0.1) is 11.3 Å². The van der Waals surface area contributed by atoms with Crippen molar-refractivity contribution in [3.8, 4) is 0 Å². The average Bonchev–Trinajstić information content (AvgIpc) is 2.26. The van der Waals surface area contributed by atoms with Crippen molar-refractivity contribution < 1.29 is 5.11 Å². The third-order valence-electron chi connectivity index (χ3n) is 4.90. The molecule has 1 saturated carbocycles. The second-order valence-electron chi connectivity index (χ2n) is 8.69. The van der Waals surface area contributed by atoms with E-state index in [1.54, 1.807) is 0 Å². The van der Waals surface area contributed by atoms with Crippen LogP contribution in [0.25, 0.3) is 0 Å². The monoisotopic (exact) mass is 283 g/mol. The molecule has 1 aliphatic rings. The minimum atomic E-state index is -0.509. The van der Waals surface area contributed by atoms with Gasteiger partial charge in [0.25, 0.3) is 0 Å². The molecule has 20 heavy (non-hydrogen) atoms. The van der Waals surface area contributed by atoms with E-state index in [-0.39, 0.29) is 0 Å². The molecule has 1 fully saturated rings. The molecule has 0 spiro atoms. The van der Waals surface area contributed by atoms with Crippen molar-refractivity contribution in [2.45, 2.75) is 104 Å². The fraction of sp³-hybridized carbons (Fsp3) is 1.00. The Kier molecular flexibility index (Phi) is 6.53. The summed E-state index contributed by atoms with van der Waals surface area (Å²) in [6.45, 7) is 13.2. The predicted octanol–water partition coefficient (Wildman–Crippen LogP) is 4.51. The van der Waals surface area contributed by atoms with Gasteiger partial charge in [-0.1, -0.05) is 20.8 Å². The number of aliphatic hydroxyl groups is 1. The van der Waals surface area contributed by atoms with Gasteiger partial charge in [-0.05, 0) is 77.0 Å². The van der Waals surface area contributed by atoms with Gasteiger partial charge in [0.15, 0.2) is 0 Å². The van der Waals surface area contributed by atoms with Gasteiger partial charge in [-0.2, -0.15) is 0 Å². The molecule has 0 radical (unpaired) electrons. The zero-order valence-corrected chi connectivity index (χ0v) is 14.6. The average molecular weight is 284 g/mol. The summed E-state index contributed by atoms with van der Waals surface area (Å²) in [4.78, 5) is 0. The van der Waals surface area contributed by atoms with Gasteiger partial charge in [0.1, 0.15) is 0 Å². The number of nitrogens with one attached hydrogen (secondary N) is 1. The molecule has 120 valence electrons.